The Hall–Kier alpha value is -0.380. The summed E-state index contributed by atoms with van der Waals surface area (Å²) in [5, 5.41) is 0.811. The Morgan fingerprint density at radius 1 is 1.46 bits per heavy atom. The molecule has 0 saturated carbocycles. The van der Waals surface area contributed by atoms with E-state index >= 15 is 0 Å². The lowest BCUT2D eigenvalue weighted by molar-refractivity contribution is 0.0604. The highest BCUT2D eigenvalue weighted by molar-refractivity contribution is 9.09. The molecule has 0 fully saturated rings. The van der Waals surface area contributed by atoms with Gasteiger partial charge in [0.15, 0.2) is 0 Å². The molecule has 0 aliphatic carbocycles. The van der Waals surface area contributed by atoms with Crippen molar-refractivity contribution >= 4 is 27.7 Å². The monoisotopic (exact) mass is 249 g/mol. The Labute approximate surface area is 87.7 Å². The fourth-order valence-electron chi connectivity index (χ4n) is 0.633. The van der Waals surface area contributed by atoms with Crippen molar-refractivity contribution in [3.05, 3.63) is 0 Å². The van der Waals surface area contributed by atoms with Crippen LogP contribution in [0.15, 0.2) is 4.99 Å². The number of carbonyl (C=O) groups excluding carboxylic acids is 1. The zero-order valence-corrected chi connectivity index (χ0v) is 10.1. The van der Waals surface area contributed by atoms with E-state index in [0.717, 1.165) is 17.5 Å². The van der Waals surface area contributed by atoms with E-state index in [2.05, 4.69) is 20.9 Å². The molecule has 3 nitrogen and oxygen atoms in total. The van der Waals surface area contributed by atoms with E-state index < -0.39 is 11.7 Å². The van der Waals surface area contributed by atoms with Crippen molar-refractivity contribution in [2.75, 3.05) is 5.33 Å². The molecule has 0 heterocycles. The number of ether oxygens (including phenoxy) is 1. The van der Waals surface area contributed by atoms with E-state index in [0.29, 0.717) is 0 Å². The van der Waals surface area contributed by atoms with E-state index in [1.54, 1.807) is 0 Å². The lowest BCUT2D eigenvalue weighted by atomic mass is 10.2. The Bertz CT molecular complexity index is 206. The second-order valence-electron chi connectivity index (χ2n) is 3.77. The van der Waals surface area contributed by atoms with Gasteiger partial charge in [0.05, 0.1) is 0 Å². The zero-order valence-electron chi connectivity index (χ0n) is 8.56. The molecule has 0 aromatic rings. The molecule has 0 atom stereocenters. The molecule has 4 heteroatoms. The van der Waals surface area contributed by atoms with Gasteiger partial charge in [0.2, 0.25) is 0 Å². The molecular weight excluding hydrogens is 234 g/mol. The Kier molecular flexibility index (Phi) is 5.21. The molecule has 0 aliphatic rings. The number of amides is 1. The molecule has 0 aromatic heterocycles. The van der Waals surface area contributed by atoms with Gasteiger partial charge < -0.3 is 4.74 Å². The molecule has 0 aliphatic heterocycles. The van der Waals surface area contributed by atoms with E-state index in [4.69, 9.17) is 4.74 Å². The molecule has 0 spiro atoms. The van der Waals surface area contributed by atoms with Gasteiger partial charge in [0.1, 0.15) is 5.60 Å². The summed E-state index contributed by atoms with van der Waals surface area (Å²) in [7, 11) is 0. The lowest BCUT2D eigenvalue weighted by Gasteiger charge is -2.17. The number of alkyl halides is 1. The molecule has 0 saturated heterocycles. The fraction of sp³-hybridized carbons (Fsp3) is 0.778. The largest absolute Gasteiger partial charge is 0.442 e. The first-order valence-electron chi connectivity index (χ1n) is 4.18. The third-order valence-corrected chi connectivity index (χ3v) is 1.53. The minimum atomic E-state index is -0.508. The van der Waals surface area contributed by atoms with Gasteiger partial charge in [-0.3, -0.25) is 0 Å². The second kappa shape index (κ2) is 5.37. The molecule has 0 rings (SSSR count). The predicted molar refractivity (Wildman–Crippen MR) is 57.8 cm³/mol. The summed E-state index contributed by atoms with van der Waals surface area (Å²) in [6, 6.07) is 0. The Balaban J connectivity index is 4.07. The number of rotatable bonds is 2. The van der Waals surface area contributed by atoms with Crippen molar-refractivity contribution < 1.29 is 9.53 Å². The maximum atomic E-state index is 11.1. The number of hydrogen-bond acceptors (Lipinski definition) is 2. The second-order valence-corrected chi connectivity index (χ2v) is 4.56. The van der Waals surface area contributed by atoms with Crippen LogP contribution in [-0.4, -0.2) is 22.7 Å². The predicted octanol–water partition coefficient (Wildman–Crippen LogP) is 3.17. The number of halogens is 1. The first-order valence-corrected chi connectivity index (χ1v) is 5.30. The van der Waals surface area contributed by atoms with Crippen molar-refractivity contribution in [2.45, 2.75) is 39.7 Å². The lowest BCUT2D eigenvalue weighted by Crippen LogP contribution is -2.22. The zero-order chi connectivity index (χ0) is 10.5. The summed E-state index contributed by atoms with van der Waals surface area (Å²) >= 11 is 3.27. The smallest absolute Gasteiger partial charge is 0.434 e. The van der Waals surface area contributed by atoms with Crippen LogP contribution in [0.5, 0.6) is 0 Å². The van der Waals surface area contributed by atoms with E-state index in [1.807, 2.05) is 27.7 Å². The van der Waals surface area contributed by atoms with Gasteiger partial charge in [0.25, 0.3) is 0 Å². The normalized spacial score (nSPS) is 12.8. The fourth-order valence-corrected chi connectivity index (χ4v) is 1.21. The van der Waals surface area contributed by atoms with Gasteiger partial charge in [-0.05, 0) is 34.1 Å². The highest BCUT2D eigenvalue weighted by Gasteiger charge is 2.15. The standard InChI is InChI=1S/C9H16BrNO2/c1-7(5-6-10)11-8(12)13-9(2,3)4/h5-6H2,1-4H3/b11-7+. The molecule has 0 unspecified atom stereocenters. The molecule has 76 valence electrons. The highest BCUT2D eigenvalue weighted by Crippen LogP contribution is 2.08. The van der Waals surface area contributed by atoms with E-state index in [-0.39, 0.29) is 0 Å². The van der Waals surface area contributed by atoms with Crippen molar-refractivity contribution in [3.8, 4) is 0 Å². The van der Waals surface area contributed by atoms with Crippen LogP contribution in [0.3, 0.4) is 0 Å². The molecule has 0 N–H and O–H groups in total. The summed E-state index contributed by atoms with van der Waals surface area (Å²) in [4.78, 5) is 14.9. The average Bonchev–Trinajstić information content (AvgIpc) is 1.81. The first-order chi connectivity index (χ1) is 5.85. The van der Waals surface area contributed by atoms with Crippen LogP contribution in [0, 0.1) is 0 Å². The Morgan fingerprint density at radius 3 is 2.38 bits per heavy atom. The van der Waals surface area contributed by atoms with Gasteiger partial charge in [-0.1, -0.05) is 15.9 Å². The van der Waals surface area contributed by atoms with Crippen LogP contribution in [0.2, 0.25) is 0 Å². The summed E-state index contributed by atoms with van der Waals surface area (Å²) in [6.45, 7) is 7.27. The van der Waals surface area contributed by atoms with Crippen molar-refractivity contribution in [2.24, 2.45) is 4.99 Å². The van der Waals surface area contributed by atoms with E-state index in [9.17, 15) is 4.79 Å². The number of carbonyl (C=O) groups is 1. The summed E-state index contributed by atoms with van der Waals surface area (Å²) in [5.74, 6) is 0. The molecule has 1 amide bonds. The highest BCUT2D eigenvalue weighted by atomic mass is 79.9. The van der Waals surface area contributed by atoms with Crippen molar-refractivity contribution in [1.29, 1.82) is 0 Å². The van der Waals surface area contributed by atoms with Crippen LogP contribution >= 0.6 is 15.9 Å². The first kappa shape index (κ1) is 12.6. The summed E-state index contributed by atoms with van der Waals surface area (Å²) in [6.07, 6.45) is 0.255. The number of aliphatic imine (C=N–C) groups is 1. The number of hydrogen-bond donors (Lipinski definition) is 0. The summed E-state index contributed by atoms with van der Waals surface area (Å²) in [5.41, 5.74) is 0.320. The van der Waals surface area contributed by atoms with Crippen LogP contribution in [-0.2, 0) is 4.74 Å². The molecular formula is C9H16BrNO2. The van der Waals surface area contributed by atoms with Crippen LogP contribution in [0.4, 0.5) is 4.79 Å². The Morgan fingerprint density at radius 2 is 2.00 bits per heavy atom. The quantitative estimate of drug-likeness (QED) is 0.557. The molecule has 13 heavy (non-hydrogen) atoms. The SMILES string of the molecule is C/C(CCBr)=N\C(=O)OC(C)(C)C. The van der Waals surface area contributed by atoms with Gasteiger partial charge in [-0.25, -0.2) is 4.79 Å². The van der Waals surface area contributed by atoms with Gasteiger partial charge >= 0.3 is 6.09 Å². The van der Waals surface area contributed by atoms with Crippen LogP contribution in [0.25, 0.3) is 0 Å². The third kappa shape index (κ3) is 7.96. The van der Waals surface area contributed by atoms with Gasteiger partial charge in [-0.2, -0.15) is 4.99 Å². The maximum absolute atomic E-state index is 11.1. The minimum Gasteiger partial charge on any atom is -0.442 e. The van der Waals surface area contributed by atoms with Gasteiger partial charge in [-0.15, -0.1) is 0 Å². The maximum Gasteiger partial charge on any atom is 0.434 e. The minimum absolute atomic E-state index is 0.463. The topological polar surface area (TPSA) is 38.7 Å². The molecule has 0 aromatic carbocycles. The molecule has 0 bridgehead atoms. The molecule has 0 radical (unpaired) electrons. The van der Waals surface area contributed by atoms with Crippen molar-refractivity contribution in [1.82, 2.24) is 0 Å². The summed E-state index contributed by atoms with van der Waals surface area (Å²) < 4.78 is 5.01. The van der Waals surface area contributed by atoms with E-state index in [1.165, 1.54) is 0 Å². The number of nitrogens with zero attached hydrogens (tertiary/aromatic N) is 1. The van der Waals surface area contributed by atoms with Crippen molar-refractivity contribution in [3.63, 3.8) is 0 Å². The van der Waals surface area contributed by atoms with Crippen LogP contribution in [0.1, 0.15) is 34.1 Å². The third-order valence-electron chi connectivity index (χ3n) is 1.13. The van der Waals surface area contributed by atoms with Crippen LogP contribution < -0.4 is 0 Å². The van der Waals surface area contributed by atoms with Gasteiger partial charge in [0, 0.05) is 11.0 Å². The average molecular weight is 250 g/mol.